The van der Waals surface area contributed by atoms with Crippen molar-refractivity contribution in [3.05, 3.63) is 39.9 Å². The summed E-state index contributed by atoms with van der Waals surface area (Å²) in [5.74, 6) is -0.0441. The zero-order valence-corrected chi connectivity index (χ0v) is 16.4. The van der Waals surface area contributed by atoms with E-state index in [9.17, 15) is 4.79 Å². The second-order valence-corrected chi connectivity index (χ2v) is 7.75. The number of nitrogens with zero attached hydrogens (tertiary/aromatic N) is 2. The highest BCUT2D eigenvalue weighted by molar-refractivity contribution is 7.20. The highest BCUT2D eigenvalue weighted by atomic mass is 35.5. The summed E-state index contributed by atoms with van der Waals surface area (Å²) < 4.78 is 0. The van der Waals surface area contributed by atoms with Crippen LogP contribution in [0.25, 0.3) is 10.6 Å². The molecule has 0 aliphatic rings. The lowest BCUT2D eigenvalue weighted by Gasteiger charge is -2.06. The number of aromatic nitrogens is 2. The summed E-state index contributed by atoms with van der Waals surface area (Å²) in [4.78, 5) is 21.5. The largest absolute Gasteiger partial charge is 0.331 e. The molecule has 0 atom stereocenters. The third kappa shape index (κ3) is 4.18. The first-order valence-corrected chi connectivity index (χ1v) is 9.80. The minimum Gasteiger partial charge on any atom is -0.331 e. The van der Waals surface area contributed by atoms with Gasteiger partial charge in [0.05, 0.1) is 16.3 Å². The van der Waals surface area contributed by atoms with E-state index in [1.165, 1.54) is 22.7 Å². The Labute approximate surface area is 159 Å². The van der Waals surface area contributed by atoms with Gasteiger partial charge in [-0.25, -0.2) is 9.97 Å². The van der Waals surface area contributed by atoms with Crippen molar-refractivity contribution < 1.29 is 4.79 Å². The van der Waals surface area contributed by atoms with Crippen LogP contribution in [0.15, 0.2) is 23.6 Å². The number of aryl methyl sites for hydroxylation is 2. The zero-order chi connectivity index (χ0) is 18.0. The zero-order valence-electron chi connectivity index (χ0n) is 14.0. The fourth-order valence-electron chi connectivity index (χ4n) is 2.17. The predicted octanol–water partition coefficient (Wildman–Crippen LogP) is 5.63. The SMILES string of the molecule is CCC(=O)Nc1nc(C)c(-c2csc(Nc3cc(Cl)ccc3C)n2)s1. The molecule has 0 radical (unpaired) electrons. The first-order chi connectivity index (χ1) is 12.0. The number of thiazole rings is 2. The molecule has 5 nitrogen and oxygen atoms in total. The van der Waals surface area contributed by atoms with Crippen LogP contribution >= 0.6 is 34.3 Å². The van der Waals surface area contributed by atoms with E-state index in [2.05, 4.69) is 20.6 Å². The van der Waals surface area contributed by atoms with Gasteiger partial charge >= 0.3 is 0 Å². The molecule has 0 fully saturated rings. The molecule has 0 aliphatic carbocycles. The molecule has 1 amide bonds. The molecule has 0 saturated heterocycles. The highest BCUT2D eigenvalue weighted by Crippen LogP contribution is 2.35. The minimum atomic E-state index is -0.0441. The van der Waals surface area contributed by atoms with Crippen LogP contribution in [-0.4, -0.2) is 15.9 Å². The maximum absolute atomic E-state index is 11.5. The maximum Gasteiger partial charge on any atom is 0.225 e. The predicted molar refractivity (Wildman–Crippen MR) is 106 cm³/mol. The van der Waals surface area contributed by atoms with Crippen LogP contribution in [0.5, 0.6) is 0 Å². The second kappa shape index (κ2) is 7.51. The van der Waals surface area contributed by atoms with Gasteiger partial charge in [-0.15, -0.1) is 11.3 Å². The van der Waals surface area contributed by atoms with E-state index in [1.807, 2.05) is 44.4 Å². The molecule has 0 saturated carbocycles. The first-order valence-electron chi connectivity index (χ1n) is 7.72. The number of halogens is 1. The van der Waals surface area contributed by atoms with E-state index >= 15 is 0 Å². The summed E-state index contributed by atoms with van der Waals surface area (Å²) in [7, 11) is 0. The number of amides is 1. The smallest absolute Gasteiger partial charge is 0.225 e. The highest BCUT2D eigenvalue weighted by Gasteiger charge is 2.14. The third-order valence-corrected chi connectivity index (χ3v) is 5.63. The molecule has 3 aromatic rings. The first kappa shape index (κ1) is 17.8. The maximum atomic E-state index is 11.5. The van der Waals surface area contributed by atoms with Gasteiger partial charge < -0.3 is 10.6 Å². The molecule has 25 heavy (non-hydrogen) atoms. The Balaban J connectivity index is 1.82. The van der Waals surface area contributed by atoms with Gasteiger partial charge in [0.25, 0.3) is 0 Å². The van der Waals surface area contributed by atoms with Gasteiger partial charge in [-0.05, 0) is 31.5 Å². The van der Waals surface area contributed by atoms with Crippen LogP contribution < -0.4 is 10.6 Å². The molecule has 0 aliphatic heterocycles. The summed E-state index contributed by atoms with van der Waals surface area (Å²) in [5.41, 5.74) is 3.73. The second-order valence-electron chi connectivity index (χ2n) is 5.46. The summed E-state index contributed by atoms with van der Waals surface area (Å²) in [6.07, 6.45) is 0.428. The van der Waals surface area contributed by atoms with Gasteiger partial charge in [-0.2, -0.15) is 0 Å². The Morgan fingerprint density at radius 3 is 2.80 bits per heavy atom. The third-order valence-electron chi connectivity index (χ3n) is 3.54. The van der Waals surface area contributed by atoms with E-state index in [0.717, 1.165) is 32.6 Å². The van der Waals surface area contributed by atoms with Crippen LogP contribution in [0, 0.1) is 13.8 Å². The minimum absolute atomic E-state index is 0.0441. The molecule has 0 bridgehead atoms. The molecule has 0 spiro atoms. The number of hydrogen-bond donors (Lipinski definition) is 2. The molecular formula is C17H17ClN4OS2. The average molecular weight is 393 g/mol. The fraction of sp³-hybridized carbons (Fsp3) is 0.235. The Bertz CT molecular complexity index is 919. The van der Waals surface area contributed by atoms with Crippen LogP contribution in [0.3, 0.4) is 0 Å². The standard InChI is InChI=1S/C17H17ClN4OS2/c1-4-14(23)22-17-19-10(3)15(25-17)13-8-24-16(21-13)20-12-7-11(18)6-5-9(12)2/h5-8H,4H2,1-3H3,(H,20,21)(H,19,22,23). The lowest BCUT2D eigenvalue weighted by atomic mass is 10.2. The van der Waals surface area contributed by atoms with Crippen molar-refractivity contribution in [2.24, 2.45) is 0 Å². The van der Waals surface area contributed by atoms with Crippen molar-refractivity contribution in [3.63, 3.8) is 0 Å². The lowest BCUT2D eigenvalue weighted by molar-refractivity contribution is -0.115. The molecule has 130 valence electrons. The summed E-state index contributed by atoms with van der Waals surface area (Å²) >= 11 is 9.01. The monoisotopic (exact) mass is 392 g/mol. The van der Waals surface area contributed by atoms with Crippen LogP contribution in [-0.2, 0) is 4.79 Å². The Morgan fingerprint density at radius 1 is 1.24 bits per heavy atom. The van der Waals surface area contributed by atoms with Crippen molar-refractivity contribution in [1.29, 1.82) is 0 Å². The van der Waals surface area contributed by atoms with Crippen molar-refractivity contribution in [2.45, 2.75) is 27.2 Å². The van der Waals surface area contributed by atoms with Gasteiger partial charge in [0.2, 0.25) is 5.91 Å². The summed E-state index contributed by atoms with van der Waals surface area (Å²) in [6, 6.07) is 5.71. The molecular weight excluding hydrogens is 376 g/mol. The Kier molecular flexibility index (Phi) is 5.36. The average Bonchev–Trinajstić information content (AvgIpc) is 3.17. The lowest BCUT2D eigenvalue weighted by Crippen LogP contribution is -2.08. The number of rotatable bonds is 5. The van der Waals surface area contributed by atoms with E-state index in [4.69, 9.17) is 11.6 Å². The molecule has 8 heteroatoms. The fourth-order valence-corrected chi connectivity index (χ4v) is 4.08. The van der Waals surface area contributed by atoms with Crippen molar-refractivity contribution in [2.75, 3.05) is 10.6 Å². The van der Waals surface area contributed by atoms with Crippen molar-refractivity contribution >= 4 is 56.1 Å². The molecule has 2 N–H and O–H groups in total. The topological polar surface area (TPSA) is 66.9 Å². The van der Waals surface area contributed by atoms with E-state index in [-0.39, 0.29) is 5.91 Å². The van der Waals surface area contributed by atoms with E-state index < -0.39 is 0 Å². The number of anilines is 3. The van der Waals surface area contributed by atoms with Gasteiger partial charge in [0.1, 0.15) is 0 Å². The molecule has 3 rings (SSSR count). The van der Waals surface area contributed by atoms with E-state index in [1.54, 1.807) is 0 Å². The number of carbonyl (C=O) groups excluding carboxylic acids is 1. The molecule has 0 unspecified atom stereocenters. The quantitative estimate of drug-likeness (QED) is 0.590. The number of hydrogen-bond acceptors (Lipinski definition) is 6. The van der Waals surface area contributed by atoms with Gasteiger partial charge in [-0.3, -0.25) is 4.79 Å². The number of carbonyl (C=O) groups is 1. The van der Waals surface area contributed by atoms with Crippen LogP contribution in [0.2, 0.25) is 5.02 Å². The molecule has 1 aromatic carbocycles. The van der Waals surface area contributed by atoms with Gasteiger partial charge in [0.15, 0.2) is 10.3 Å². The normalized spacial score (nSPS) is 10.7. The summed E-state index contributed by atoms with van der Waals surface area (Å²) in [6.45, 7) is 5.75. The van der Waals surface area contributed by atoms with Gasteiger partial charge in [0, 0.05) is 22.5 Å². The van der Waals surface area contributed by atoms with Crippen molar-refractivity contribution in [1.82, 2.24) is 9.97 Å². The van der Waals surface area contributed by atoms with E-state index in [0.29, 0.717) is 16.6 Å². The number of benzene rings is 1. The molecule has 2 heterocycles. The van der Waals surface area contributed by atoms with Crippen LogP contribution in [0.1, 0.15) is 24.6 Å². The Morgan fingerprint density at radius 2 is 2.04 bits per heavy atom. The molecule has 2 aromatic heterocycles. The van der Waals surface area contributed by atoms with Crippen molar-refractivity contribution in [3.8, 4) is 10.6 Å². The number of nitrogens with one attached hydrogen (secondary N) is 2. The van der Waals surface area contributed by atoms with Crippen LogP contribution in [0.4, 0.5) is 16.0 Å². The van der Waals surface area contributed by atoms with Gasteiger partial charge in [-0.1, -0.05) is 35.9 Å². The summed E-state index contributed by atoms with van der Waals surface area (Å²) in [5, 5.41) is 10.2. The Hall–Kier alpha value is -1.96.